The van der Waals surface area contributed by atoms with Crippen LogP contribution in [0.15, 0.2) is 0 Å². The van der Waals surface area contributed by atoms with E-state index in [1.807, 2.05) is 0 Å². The van der Waals surface area contributed by atoms with Gasteiger partial charge in [-0.15, -0.1) is 0 Å². The van der Waals surface area contributed by atoms with Gasteiger partial charge in [0.1, 0.15) is 0 Å². The van der Waals surface area contributed by atoms with Gasteiger partial charge < -0.3 is 9.84 Å². The van der Waals surface area contributed by atoms with Crippen LogP contribution in [0.2, 0.25) is 0 Å². The second-order valence-corrected chi connectivity index (χ2v) is 5.25. The first kappa shape index (κ1) is 12.0. The summed E-state index contributed by atoms with van der Waals surface area (Å²) in [6, 6.07) is 0. The van der Waals surface area contributed by atoms with Crippen molar-refractivity contribution in [1.82, 2.24) is 0 Å². The van der Waals surface area contributed by atoms with Crippen LogP contribution in [0.1, 0.15) is 40.5 Å². The average molecular weight is 200 g/mol. The SMILES string of the molecule is CC(C)CC(C)C1(O)CCOCC1C. The number of rotatable bonds is 3. The van der Waals surface area contributed by atoms with E-state index in [1.54, 1.807) is 0 Å². The predicted molar refractivity (Wildman–Crippen MR) is 58.2 cm³/mol. The summed E-state index contributed by atoms with van der Waals surface area (Å²) in [7, 11) is 0. The topological polar surface area (TPSA) is 29.5 Å². The number of ether oxygens (including phenoxy) is 1. The van der Waals surface area contributed by atoms with Gasteiger partial charge in [-0.2, -0.15) is 0 Å². The van der Waals surface area contributed by atoms with Gasteiger partial charge in [-0.1, -0.05) is 27.7 Å². The van der Waals surface area contributed by atoms with E-state index in [4.69, 9.17) is 4.74 Å². The molecule has 0 aromatic heterocycles. The molecule has 3 atom stereocenters. The van der Waals surface area contributed by atoms with Crippen molar-refractivity contribution in [3.63, 3.8) is 0 Å². The smallest absolute Gasteiger partial charge is 0.0742 e. The van der Waals surface area contributed by atoms with Crippen molar-refractivity contribution in [1.29, 1.82) is 0 Å². The number of hydrogen-bond acceptors (Lipinski definition) is 2. The van der Waals surface area contributed by atoms with Gasteiger partial charge >= 0.3 is 0 Å². The summed E-state index contributed by atoms with van der Waals surface area (Å²) >= 11 is 0. The highest BCUT2D eigenvalue weighted by atomic mass is 16.5. The lowest BCUT2D eigenvalue weighted by atomic mass is 9.73. The third-order valence-corrected chi connectivity index (χ3v) is 3.55. The Morgan fingerprint density at radius 3 is 2.57 bits per heavy atom. The molecule has 1 heterocycles. The highest BCUT2D eigenvalue weighted by Crippen LogP contribution is 2.36. The number of aliphatic hydroxyl groups is 1. The van der Waals surface area contributed by atoms with Crippen LogP contribution in [0.4, 0.5) is 0 Å². The van der Waals surface area contributed by atoms with Crippen LogP contribution in [0, 0.1) is 17.8 Å². The van der Waals surface area contributed by atoms with E-state index in [2.05, 4.69) is 27.7 Å². The van der Waals surface area contributed by atoms with Crippen molar-refractivity contribution >= 4 is 0 Å². The van der Waals surface area contributed by atoms with Gasteiger partial charge in [0.15, 0.2) is 0 Å². The van der Waals surface area contributed by atoms with Crippen LogP contribution in [0.5, 0.6) is 0 Å². The van der Waals surface area contributed by atoms with Crippen molar-refractivity contribution in [2.75, 3.05) is 13.2 Å². The Morgan fingerprint density at radius 1 is 1.43 bits per heavy atom. The fourth-order valence-corrected chi connectivity index (χ4v) is 2.53. The quantitative estimate of drug-likeness (QED) is 0.758. The molecule has 2 nitrogen and oxygen atoms in total. The third-order valence-electron chi connectivity index (χ3n) is 3.55. The van der Waals surface area contributed by atoms with Crippen molar-refractivity contribution < 1.29 is 9.84 Å². The van der Waals surface area contributed by atoms with Crippen molar-refractivity contribution in [3.8, 4) is 0 Å². The molecule has 1 rings (SSSR count). The second kappa shape index (κ2) is 4.63. The van der Waals surface area contributed by atoms with Crippen LogP contribution in [0.3, 0.4) is 0 Å². The molecule has 0 aromatic carbocycles. The summed E-state index contributed by atoms with van der Waals surface area (Å²) in [5, 5.41) is 10.6. The molecule has 14 heavy (non-hydrogen) atoms. The first-order valence-electron chi connectivity index (χ1n) is 5.77. The maximum atomic E-state index is 10.6. The maximum Gasteiger partial charge on any atom is 0.0742 e. The van der Waals surface area contributed by atoms with E-state index in [1.165, 1.54) is 0 Å². The highest BCUT2D eigenvalue weighted by Gasteiger charge is 2.41. The number of hydrogen-bond donors (Lipinski definition) is 1. The summed E-state index contributed by atoms with van der Waals surface area (Å²) in [6.45, 7) is 10.1. The Bertz CT molecular complexity index is 179. The minimum atomic E-state index is -0.497. The molecule has 0 saturated carbocycles. The molecule has 1 aliphatic heterocycles. The Labute approximate surface area is 87.7 Å². The highest BCUT2D eigenvalue weighted by molar-refractivity contribution is 4.91. The maximum absolute atomic E-state index is 10.6. The molecule has 1 fully saturated rings. The normalized spacial score (nSPS) is 36.0. The Morgan fingerprint density at radius 2 is 2.07 bits per heavy atom. The lowest BCUT2D eigenvalue weighted by molar-refractivity contribution is -0.138. The van der Waals surface area contributed by atoms with Crippen molar-refractivity contribution in [2.45, 2.75) is 46.1 Å². The Hall–Kier alpha value is -0.0800. The standard InChI is InChI=1S/C12H24O2/c1-9(2)7-10(3)12(13)5-6-14-8-11(12)4/h9-11,13H,5-8H2,1-4H3. The van der Waals surface area contributed by atoms with Gasteiger partial charge in [0, 0.05) is 18.9 Å². The van der Waals surface area contributed by atoms with Gasteiger partial charge in [-0.25, -0.2) is 0 Å². The lowest BCUT2D eigenvalue weighted by Gasteiger charge is -2.43. The molecule has 0 aromatic rings. The van der Waals surface area contributed by atoms with E-state index in [-0.39, 0.29) is 5.92 Å². The summed E-state index contributed by atoms with van der Waals surface area (Å²) in [5.74, 6) is 1.30. The predicted octanol–water partition coefficient (Wildman–Crippen LogP) is 2.46. The molecule has 1 N–H and O–H groups in total. The molecule has 3 unspecified atom stereocenters. The van der Waals surface area contributed by atoms with Gasteiger partial charge in [0.05, 0.1) is 12.2 Å². The molecular weight excluding hydrogens is 176 g/mol. The minimum Gasteiger partial charge on any atom is -0.389 e. The summed E-state index contributed by atoms with van der Waals surface area (Å²) in [6.07, 6.45) is 1.89. The van der Waals surface area contributed by atoms with Crippen LogP contribution in [-0.4, -0.2) is 23.9 Å². The summed E-state index contributed by atoms with van der Waals surface area (Å²) in [5.41, 5.74) is -0.497. The zero-order valence-electron chi connectivity index (χ0n) is 9.92. The Kier molecular flexibility index (Phi) is 3.96. The molecule has 0 aliphatic carbocycles. The van der Waals surface area contributed by atoms with Gasteiger partial charge in [0.25, 0.3) is 0 Å². The largest absolute Gasteiger partial charge is 0.389 e. The molecule has 0 spiro atoms. The molecule has 0 amide bonds. The molecule has 0 radical (unpaired) electrons. The van der Waals surface area contributed by atoms with E-state index in [0.29, 0.717) is 25.0 Å². The van der Waals surface area contributed by atoms with E-state index >= 15 is 0 Å². The third kappa shape index (κ3) is 2.48. The average Bonchev–Trinajstić information content (AvgIpc) is 2.09. The first-order chi connectivity index (χ1) is 6.47. The van der Waals surface area contributed by atoms with Crippen LogP contribution in [0.25, 0.3) is 0 Å². The van der Waals surface area contributed by atoms with Crippen molar-refractivity contribution in [2.24, 2.45) is 17.8 Å². The van der Waals surface area contributed by atoms with Crippen LogP contribution < -0.4 is 0 Å². The molecule has 0 bridgehead atoms. The van der Waals surface area contributed by atoms with E-state index in [9.17, 15) is 5.11 Å². The summed E-state index contributed by atoms with van der Waals surface area (Å²) < 4.78 is 5.37. The molecule has 1 saturated heterocycles. The zero-order chi connectivity index (χ0) is 10.8. The van der Waals surface area contributed by atoms with E-state index < -0.39 is 5.60 Å². The zero-order valence-corrected chi connectivity index (χ0v) is 9.92. The Balaban J connectivity index is 2.61. The van der Waals surface area contributed by atoms with E-state index in [0.717, 1.165) is 12.8 Å². The monoisotopic (exact) mass is 200 g/mol. The van der Waals surface area contributed by atoms with Crippen molar-refractivity contribution in [3.05, 3.63) is 0 Å². The fourth-order valence-electron chi connectivity index (χ4n) is 2.53. The van der Waals surface area contributed by atoms with Gasteiger partial charge in [0.2, 0.25) is 0 Å². The fraction of sp³-hybridized carbons (Fsp3) is 1.00. The van der Waals surface area contributed by atoms with Gasteiger partial charge in [-0.3, -0.25) is 0 Å². The first-order valence-corrected chi connectivity index (χ1v) is 5.77. The lowest BCUT2D eigenvalue weighted by Crippen LogP contribution is -2.49. The van der Waals surface area contributed by atoms with Crippen LogP contribution in [-0.2, 0) is 4.74 Å². The summed E-state index contributed by atoms with van der Waals surface area (Å²) in [4.78, 5) is 0. The molecule has 2 heteroatoms. The second-order valence-electron chi connectivity index (χ2n) is 5.25. The van der Waals surface area contributed by atoms with Crippen LogP contribution >= 0.6 is 0 Å². The molecule has 1 aliphatic rings. The molecule has 84 valence electrons. The minimum absolute atomic E-state index is 0.269. The molecular formula is C12H24O2. The van der Waals surface area contributed by atoms with Gasteiger partial charge in [-0.05, 0) is 18.3 Å².